The van der Waals surface area contributed by atoms with Crippen molar-refractivity contribution >= 4 is 35.8 Å². The van der Waals surface area contributed by atoms with E-state index >= 15 is 0 Å². The van der Waals surface area contributed by atoms with Gasteiger partial charge in [-0.25, -0.2) is 4.98 Å². The first-order valence-corrected chi connectivity index (χ1v) is 9.11. The molecule has 0 fully saturated rings. The first-order chi connectivity index (χ1) is 12.7. The van der Waals surface area contributed by atoms with Crippen LogP contribution in [0.1, 0.15) is 16.7 Å². The summed E-state index contributed by atoms with van der Waals surface area (Å²) in [6, 6.07) is 16.9. The monoisotopic (exact) mass is 417 g/mol. The van der Waals surface area contributed by atoms with E-state index in [0.717, 1.165) is 27.1 Å². The van der Waals surface area contributed by atoms with Crippen molar-refractivity contribution in [3.8, 4) is 17.2 Å². The second-order valence-corrected chi connectivity index (χ2v) is 6.97. The molecule has 0 aliphatic heterocycles. The highest BCUT2D eigenvalue weighted by Gasteiger charge is 2.14. The smallest absolute Gasteiger partial charge is 0.106 e. The molecule has 0 aliphatic rings. The molecule has 1 heterocycles. The molecule has 1 aromatic heterocycles. The SMILES string of the molecule is Cl.N#Cc1ccc(-c2cc(Cl)c(Sc3ncccc3CO)c(CN)c2)cc1. The molecule has 0 spiro atoms. The Labute approximate surface area is 173 Å². The van der Waals surface area contributed by atoms with Crippen LogP contribution in [0.4, 0.5) is 0 Å². The van der Waals surface area contributed by atoms with Gasteiger partial charge in [0, 0.05) is 23.2 Å². The van der Waals surface area contributed by atoms with E-state index in [1.807, 2.05) is 30.3 Å². The molecule has 0 saturated heterocycles. The van der Waals surface area contributed by atoms with E-state index in [-0.39, 0.29) is 19.0 Å². The van der Waals surface area contributed by atoms with E-state index in [2.05, 4.69) is 11.1 Å². The summed E-state index contributed by atoms with van der Waals surface area (Å²) in [6.07, 6.45) is 1.68. The molecule has 2 aromatic carbocycles. The van der Waals surface area contributed by atoms with Crippen LogP contribution in [0, 0.1) is 11.3 Å². The predicted octanol–water partition coefficient (Wildman–Crippen LogP) is 4.80. The van der Waals surface area contributed by atoms with Crippen molar-refractivity contribution in [3.63, 3.8) is 0 Å². The second kappa shape index (κ2) is 9.75. The van der Waals surface area contributed by atoms with Gasteiger partial charge in [-0.1, -0.05) is 41.6 Å². The molecule has 3 rings (SSSR count). The number of hydrogen-bond acceptors (Lipinski definition) is 5. The third-order valence-electron chi connectivity index (χ3n) is 3.91. The van der Waals surface area contributed by atoms with Crippen molar-refractivity contribution in [2.75, 3.05) is 0 Å². The Morgan fingerprint density at radius 2 is 1.85 bits per heavy atom. The number of pyridine rings is 1. The number of nitrogens with two attached hydrogens (primary N) is 1. The number of aliphatic hydroxyl groups is 1. The van der Waals surface area contributed by atoms with Crippen molar-refractivity contribution in [2.45, 2.75) is 23.1 Å². The Bertz CT molecular complexity index is 972. The van der Waals surface area contributed by atoms with Gasteiger partial charge in [0.15, 0.2) is 0 Å². The van der Waals surface area contributed by atoms with E-state index in [1.54, 1.807) is 24.4 Å². The Morgan fingerprint density at radius 1 is 1.11 bits per heavy atom. The van der Waals surface area contributed by atoms with Crippen molar-refractivity contribution in [1.82, 2.24) is 4.98 Å². The maximum absolute atomic E-state index is 9.49. The summed E-state index contributed by atoms with van der Waals surface area (Å²) < 4.78 is 0. The van der Waals surface area contributed by atoms with Crippen LogP contribution in [-0.2, 0) is 13.2 Å². The zero-order chi connectivity index (χ0) is 18.5. The van der Waals surface area contributed by atoms with Gasteiger partial charge in [-0.15, -0.1) is 12.4 Å². The topological polar surface area (TPSA) is 82.9 Å². The molecule has 0 atom stereocenters. The predicted molar refractivity (Wildman–Crippen MR) is 111 cm³/mol. The van der Waals surface area contributed by atoms with Crippen LogP contribution in [0.3, 0.4) is 0 Å². The first-order valence-electron chi connectivity index (χ1n) is 7.92. The normalized spacial score (nSPS) is 10.1. The maximum Gasteiger partial charge on any atom is 0.106 e. The van der Waals surface area contributed by atoms with Crippen molar-refractivity contribution in [1.29, 1.82) is 5.26 Å². The Morgan fingerprint density at radius 3 is 2.48 bits per heavy atom. The van der Waals surface area contributed by atoms with Gasteiger partial charge in [-0.2, -0.15) is 5.26 Å². The quantitative estimate of drug-likeness (QED) is 0.622. The summed E-state index contributed by atoms with van der Waals surface area (Å²) in [5.74, 6) is 0. The fourth-order valence-corrected chi connectivity index (χ4v) is 3.91. The Balaban J connectivity index is 0.00000261. The molecule has 27 heavy (non-hydrogen) atoms. The van der Waals surface area contributed by atoms with Gasteiger partial charge in [0.25, 0.3) is 0 Å². The van der Waals surface area contributed by atoms with Crippen LogP contribution in [-0.4, -0.2) is 10.1 Å². The standard InChI is InChI=1S/C20H16ClN3OS.ClH/c21-18-9-16(14-5-3-13(10-22)4-6-14)8-17(11-23)19(18)26-20-15(12-25)2-1-7-24-20;/h1-9,25H,11-12,23H2;1H. The van der Waals surface area contributed by atoms with Crippen molar-refractivity contribution in [2.24, 2.45) is 5.73 Å². The number of benzene rings is 2. The lowest BCUT2D eigenvalue weighted by atomic mass is 10.0. The van der Waals surface area contributed by atoms with Crippen molar-refractivity contribution in [3.05, 3.63) is 76.4 Å². The van der Waals surface area contributed by atoms with Gasteiger partial charge in [-0.3, -0.25) is 0 Å². The molecular formula is C20H17Cl2N3OS. The third kappa shape index (κ3) is 4.81. The lowest BCUT2D eigenvalue weighted by Gasteiger charge is -2.14. The summed E-state index contributed by atoms with van der Waals surface area (Å²) in [5.41, 5.74) is 10.1. The van der Waals surface area contributed by atoms with E-state index in [4.69, 9.17) is 22.6 Å². The van der Waals surface area contributed by atoms with E-state index in [9.17, 15) is 5.11 Å². The summed E-state index contributed by atoms with van der Waals surface area (Å²) >= 11 is 7.95. The number of halogens is 2. The molecule has 4 nitrogen and oxygen atoms in total. The minimum absolute atomic E-state index is 0. The molecular weight excluding hydrogens is 401 g/mol. The lowest BCUT2D eigenvalue weighted by Crippen LogP contribution is -2.00. The highest BCUT2D eigenvalue weighted by Crippen LogP contribution is 2.39. The molecule has 138 valence electrons. The maximum atomic E-state index is 9.49. The fraction of sp³-hybridized carbons (Fsp3) is 0.100. The van der Waals surface area contributed by atoms with Crippen LogP contribution >= 0.6 is 35.8 Å². The highest BCUT2D eigenvalue weighted by atomic mass is 35.5. The average Bonchev–Trinajstić information content (AvgIpc) is 2.69. The van der Waals surface area contributed by atoms with Crippen LogP contribution in [0.2, 0.25) is 5.02 Å². The van der Waals surface area contributed by atoms with Crippen LogP contribution < -0.4 is 5.73 Å². The zero-order valence-electron chi connectivity index (χ0n) is 14.2. The molecule has 0 unspecified atom stereocenters. The van der Waals surface area contributed by atoms with E-state index in [1.165, 1.54) is 11.8 Å². The molecule has 0 saturated carbocycles. The molecule has 7 heteroatoms. The third-order valence-corrected chi connectivity index (χ3v) is 5.56. The summed E-state index contributed by atoms with van der Waals surface area (Å²) in [6.45, 7) is 0.239. The number of nitrogens with zero attached hydrogens (tertiary/aromatic N) is 2. The van der Waals surface area contributed by atoms with Gasteiger partial charge in [0.2, 0.25) is 0 Å². The summed E-state index contributed by atoms with van der Waals surface area (Å²) in [7, 11) is 0. The second-order valence-electron chi connectivity index (χ2n) is 5.57. The molecule has 0 radical (unpaired) electrons. The van der Waals surface area contributed by atoms with Gasteiger partial charge in [0.05, 0.1) is 23.3 Å². The highest BCUT2D eigenvalue weighted by molar-refractivity contribution is 7.99. The van der Waals surface area contributed by atoms with Gasteiger partial charge < -0.3 is 10.8 Å². The number of nitriles is 1. The van der Waals surface area contributed by atoms with Crippen molar-refractivity contribution < 1.29 is 5.11 Å². The van der Waals surface area contributed by atoms with Gasteiger partial charge in [-0.05, 0) is 47.0 Å². The van der Waals surface area contributed by atoms with Crippen LogP contribution in [0.25, 0.3) is 11.1 Å². The molecule has 0 amide bonds. The molecule has 3 aromatic rings. The number of hydrogen-bond donors (Lipinski definition) is 2. The van der Waals surface area contributed by atoms with Gasteiger partial charge in [0.1, 0.15) is 5.03 Å². The number of aliphatic hydroxyl groups excluding tert-OH is 1. The fourth-order valence-electron chi connectivity index (χ4n) is 2.55. The molecule has 0 aliphatic carbocycles. The number of rotatable bonds is 5. The van der Waals surface area contributed by atoms with Crippen LogP contribution in [0.5, 0.6) is 0 Å². The minimum Gasteiger partial charge on any atom is -0.392 e. The molecule has 0 bridgehead atoms. The van der Waals surface area contributed by atoms with Gasteiger partial charge >= 0.3 is 0 Å². The molecule has 3 N–H and O–H groups in total. The average molecular weight is 418 g/mol. The summed E-state index contributed by atoms with van der Waals surface area (Å²) in [4.78, 5) is 5.17. The zero-order valence-corrected chi connectivity index (χ0v) is 16.6. The largest absolute Gasteiger partial charge is 0.392 e. The van der Waals surface area contributed by atoms with E-state index in [0.29, 0.717) is 22.2 Å². The first kappa shape index (κ1) is 21.2. The summed E-state index contributed by atoms with van der Waals surface area (Å²) in [5, 5.41) is 19.7. The van der Waals surface area contributed by atoms with E-state index < -0.39 is 0 Å². The lowest BCUT2D eigenvalue weighted by molar-refractivity contribution is 0.278. The number of aromatic nitrogens is 1. The van der Waals surface area contributed by atoms with Crippen LogP contribution in [0.15, 0.2) is 64.6 Å². The Hall–Kier alpha value is -2.07. The minimum atomic E-state index is -0.0882. The Kier molecular flexibility index (Phi) is 7.66.